The van der Waals surface area contributed by atoms with Crippen molar-refractivity contribution in [2.75, 3.05) is 13.6 Å². The Labute approximate surface area is 82.5 Å². The van der Waals surface area contributed by atoms with Crippen LogP contribution in [0.2, 0.25) is 0 Å². The molecule has 0 aromatic rings. The second-order valence-corrected chi connectivity index (χ2v) is 3.91. The molecule has 0 unspecified atom stereocenters. The van der Waals surface area contributed by atoms with E-state index in [2.05, 4.69) is 30.7 Å². The standard InChI is InChI=1S/C12H21N/c1-3-4-8-11-13(2)12-9-6-5-7-10-12/h12H,3,5-7,9-11H2,1-2H3. The highest BCUT2D eigenvalue weighted by molar-refractivity contribution is 5.00. The minimum atomic E-state index is 0.805. The first-order valence-electron chi connectivity index (χ1n) is 5.50. The van der Waals surface area contributed by atoms with Crippen LogP contribution in [0.5, 0.6) is 0 Å². The summed E-state index contributed by atoms with van der Waals surface area (Å²) in [5, 5.41) is 0. The maximum Gasteiger partial charge on any atom is 0.0601 e. The molecule has 0 bridgehead atoms. The SMILES string of the molecule is CCC#CCN(C)C1CCCCC1. The second kappa shape index (κ2) is 6.05. The Bertz CT molecular complexity index is 181. The fraction of sp³-hybridized carbons (Fsp3) is 0.833. The first kappa shape index (κ1) is 10.6. The number of hydrogen-bond donors (Lipinski definition) is 0. The van der Waals surface area contributed by atoms with Gasteiger partial charge in [-0.15, -0.1) is 5.92 Å². The van der Waals surface area contributed by atoms with Crippen molar-refractivity contribution in [1.82, 2.24) is 4.90 Å². The Kier molecular flexibility index (Phi) is 4.93. The first-order valence-corrected chi connectivity index (χ1v) is 5.50. The summed E-state index contributed by atoms with van der Waals surface area (Å²) in [6.07, 6.45) is 8.00. The summed E-state index contributed by atoms with van der Waals surface area (Å²) >= 11 is 0. The second-order valence-electron chi connectivity index (χ2n) is 3.91. The van der Waals surface area contributed by atoms with E-state index in [9.17, 15) is 0 Å². The Morgan fingerprint density at radius 3 is 2.46 bits per heavy atom. The predicted octanol–water partition coefficient (Wildman–Crippen LogP) is 2.66. The summed E-state index contributed by atoms with van der Waals surface area (Å²) in [6, 6.07) is 0.805. The van der Waals surface area contributed by atoms with E-state index in [4.69, 9.17) is 0 Å². The van der Waals surface area contributed by atoms with Crippen molar-refractivity contribution in [2.24, 2.45) is 0 Å². The van der Waals surface area contributed by atoms with Crippen molar-refractivity contribution in [3.8, 4) is 11.8 Å². The van der Waals surface area contributed by atoms with E-state index >= 15 is 0 Å². The van der Waals surface area contributed by atoms with Gasteiger partial charge in [-0.2, -0.15) is 0 Å². The molecule has 1 saturated carbocycles. The molecule has 0 aromatic carbocycles. The molecule has 1 fully saturated rings. The number of rotatable bonds is 2. The Hall–Kier alpha value is -0.480. The Balaban J connectivity index is 2.24. The molecule has 0 heterocycles. The normalized spacial score (nSPS) is 18.4. The maximum absolute atomic E-state index is 3.21. The molecule has 0 saturated heterocycles. The third kappa shape index (κ3) is 3.83. The molecule has 1 rings (SSSR count). The van der Waals surface area contributed by atoms with Crippen LogP contribution in [0.15, 0.2) is 0 Å². The molecule has 0 atom stereocenters. The molecule has 1 aliphatic rings. The van der Waals surface area contributed by atoms with E-state index in [-0.39, 0.29) is 0 Å². The fourth-order valence-electron chi connectivity index (χ4n) is 1.96. The molecule has 0 spiro atoms. The largest absolute Gasteiger partial charge is 0.292 e. The van der Waals surface area contributed by atoms with Crippen LogP contribution in [-0.4, -0.2) is 24.5 Å². The van der Waals surface area contributed by atoms with Crippen LogP contribution in [0.4, 0.5) is 0 Å². The molecule has 1 nitrogen and oxygen atoms in total. The van der Waals surface area contributed by atoms with Crippen LogP contribution < -0.4 is 0 Å². The van der Waals surface area contributed by atoms with Gasteiger partial charge in [0.15, 0.2) is 0 Å². The lowest BCUT2D eigenvalue weighted by atomic mass is 9.94. The van der Waals surface area contributed by atoms with Crippen molar-refractivity contribution in [3.63, 3.8) is 0 Å². The minimum absolute atomic E-state index is 0.805. The number of nitrogens with zero attached hydrogens (tertiary/aromatic N) is 1. The van der Waals surface area contributed by atoms with Crippen LogP contribution in [0, 0.1) is 11.8 Å². The van der Waals surface area contributed by atoms with E-state index in [1.807, 2.05) is 0 Å². The van der Waals surface area contributed by atoms with Gasteiger partial charge in [-0.25, -0.2) is 0 Å². The molecule has 0 N–H and O–H groups in total. The quantitative estimate of drug-likeness (QED) is 0.589. The molecule has 74 valence electrons. The summed E-state index contributed by atoms with van der Waals surface area (Å²) < 4.78 is 0. The van der Waals surface area contributed by atoms with Gasteiger partial charge in [-0.3, -0.25) is 4.90 Å². The van der Waals surface area contributed by atoms with E-state index in [0.29, 0.717) is 0 Å². The Morgan fingerprint density at radius 1 is 1.15 bits per heavy atom. The summed E-state index contributed by atoms with van der Waals surface area (Å²) in [6.45, 7) is 3.06. The van der Waals surface area contributed by atoms with E-state index < -0.39 is 0 Å². The lowest BCUT2D eigenvalue weighted by Gasteiger charge is -2.29. The van der Waals surface area contributed by atoms with Gasteiger partial charge in [-0.1, -0.05) is 32.1 Å². The summed E-state index contributed by atoms with van der Waals surface area (Å²) in [4.78, 5) is 2.42. The average Bonchev–Trinajstić information content (AvgIpc) is 2.19. The molecule has 1 heteroatoms. The summed E-state index contributed by atoms with van der Waals surface area (Å²) in [5.74, 6) is 6.33. The highest BCUT2D eigenvalue weighted by Gasteiger charge is 2.16. The average molecular weight is 179 g/mol. The minimum Gasteiger partial charge on any atom is -0.292 e. The molecule has 1 aliphatic carbocycles. The third-order valence-corrected chi connectivity index (χ3v) is 2.83. The lowest BCUT2D eigenvalue weighted by molar-refractivity contribution is 0.212. The van der Waals surface area contributed by atoms with Gasteiger partial charge in [0.05, 0.1) is 6.54 Å². The molecule has 0 aromatic heterocycles. The van der Waals surface area contributed by atoms with Crippen molar-refractivity contribution in [1.29, 1.82) is 0 Å². The zero-order valence-corrected chi connectivity index (χ0v) is 8.97. The van der Waals surface area contributed by atoms with E-state index in [0.717, 1.165) is 19.0 Å². The fourth-order valence-corrected chi connectivity index (χ4v) is 1.96. The van der Waals surface area contributed by atoms with Crippen LogP contribution in [0.1, 0.15) is 45.4 Å². The molecule has 13 heavy (non-hydrogen) atoms. The van der Waals surface area contributed by atoms with E-state index in [1.165, 1.54) is 32.1 Å². The van der Waals surface area contributed by atoms with Crippen LogP contribution >= 0.6 is 0 Å². The summed E-state index contributed by atoms with van der Waals surface area (Å²) in [5.41, 5.74) is 0. The molecular weight excluding hydrogens is 158 g/mol. The zero-order chi connectivity index (χ0) is 9.52. The van der Waals surface area contributed by atoms with Gasteiger partial charge in [0.1, 0.15) is 0 Å². The van der Waals surface area contributed by atoms with Gasteiger partial charge in [-0.05, 0) is 19.9 Å². The van der Waals surface area contributed by atoms with Gasteiger partial charge >= 0.3 is 0 Å². The highest BCUT2D eigenvalue weighted by Crippen LogP contribution is 2.20. The van der Waals surface area contributed by atoms with Crippen molar-refractivity contribution in [2.45, 2.75) is 51.5 Å². The molecule has 0 aliphatic heterocycles. The maximum atomic E-state index is 3.21. The van der Waals surface area contributed by atoms with E-state index in [1.54, 1.807) is 0 Å². The summed E-state index contributed by atoms with van der Waals surface area (Å²) in [7, 11) is 2.21. The van der Waals surface area contributed by atoms with Crippen LogP contribution in [-0.2, 0) is 0 Å². The van der Waals surface area contributed by atoms with Crippen molar-refractivity contribution < 1.29 is 0 Å². The van der Waals surface area contributed by atoms with Crippen LogP contribution in [0.3, 0.4) is 0 Å². The first-order chi connectivity index (χ1) is 6.34. The van der Waals surface area contributed by atoms with Crippen molar-refractivity contribution in [3.05, 3.63) is 0 Å². The zero-order valence-electron chi connectivity index (χ0n) is 8.97. The Morgan fingerprint density at radius 2 is 1.85 bits per heavy atom. The van der Waals surface area contributed by atoms with Gasteiger partial charge in [0, 0.05) is 12.5 Å². The van der Waals surface area contributed by atoms with Gasteiger partial charge in [0.25, 0.3) is 0 Å². The smallest absolute Gasteiger partial charge is 0.0601 e. The molecule has 0 radical (unpaired) electrons. The van der Waals surface area contributed by atoms with Gasteiger partial charge < -0.3 is 0 Å². The monoisotopic (exact) mass is 179 g/mol. The highest BCUT2D eigenvalue weighted by atomic mass is 15.1. The lowest BCUT2D eigenvalue weighted by Crippen LogP contribution is -2.33. The third-order valence-electron chi connectivity index (χ3n) is 2.83. The number of hydrogen-bond acceptors (Lipinski definition) is 1. The topological polar surface area (TPSA) is 3.24 Å². The van der Waals surface area contributed by atoms with Crippen LogP contribution in [0.25, 0.3) is 0 Å². The molecular formula is C12H21N. The molecule has 0 amide bonds. The predicted molar refractivity (Wildman–Crippen MR) is 57.6 cm³/mol. The van der Waals surface area contributed by atoms with Crippen molar-refractivity contribution >= 4 is 0 Å². The van der Waals surface area contributed by atoms with Gasteiger partial charge in [0.2, 0.25) is 0 Å².